The van der Waals surface area contributed by atoms with Crippen molar-refractivity contribution >= 4 is 11.7 Å². The second-order valence-corrected chi connectivity index (χ2v) is 3.88. The SMILES string of the molecule is CCC(CC)(CNc1ccncc1)C(=O)O. The third kappa shape index (κ3) is 2.72. The fraction of sp³-hybridized carbons (Fsp3) is 0.500. The Hall–Kier alpha value is -1.58. The second kappa shape index (κ2) is 5.49. The summed E-state index contributed by atoms with van der Waals surface area (Å²) in [5.74, 6) is -0.737. The molecular weight excluding hydrogens is 204 g/mol. The van der Waals surface area contributed by atoms with Gasteiger partial charge in [-0.1, -0.05) is 13.8 Å². The zero-order chi connectivity index (χ0) is 12.0. The molecule has 0 unspecified atom stereocenters. The number of hydrogen-bond donors (Lipinski definition) is 2. The number of anilines is 1. The van der Waals surface area contributed by atoms with Crippen LogP contribution in [0.25, 0.3) is 0 Å². The Balaban J connectivity index is 2.67. The molecule has 0 radical (unpaired) electrons. The highest BCUT2D eigenvalue weighted by Crippen LogP contribution is 2.27. The Kier molecular flexibility index (Phi) is 4.28. The quantitative estimate of drug-likeness (QED) is 0.775. The molecule has 0 aliphatic carbocycles. The van der Waals surface area contributed by atoms with Gasteiger partial charge in [0.25, 0.3) is 0 Å². The van der Waals surface area contributed by atoms with E-state index in [4.69, 9.17) is 0 Å². The van der Waals surface area contributed by atoms with Gasteiger partial charge in [0.2, 0.25) is 0 Å². The maximum Gasteiger partial charge on any atom is 0.311 e. The van der Waals surface area contributed by atoms with Gasteiger partial charge < -0.3 is 10.4 Å². The van der Waals surface area contributed by atoms with Gasteiger partial charge in [-0.3, -0.25) is 9.78 Å². The zero-order valence-corrected chi connectivity index (χ0v) is 9.73. The standard InChI is InChI=1S/C12H18N2O2/c1-3-12(4-2,11(15)16)9-14-10-5-7-13-8-6-10/h5-8H,3-4,9H2,1-2H3,(H,13,14)(H,15,16). The number of aliphatic carboxylic acids is 1. The number of carboxylic acid groups (broad SMARTS) is 1. The molecule has 0 aromatic carbocycles. The summed E-state index contributed by atoms with van der Waals surface area (Å²) in [6.07, 6.45) is 4.61. The minimum Gasteiger partial charge on any atom is -0.481 e. The summed E-state index contributed by atoms with van der Waals surface area (Å²) in [6.45, 7) is 4.26. The van der Waals surface area contributed by atoms with Crippen LogP contribution in [-0.2, 0) is 4.79 Å². The van der Waals surface area contributed by atoms with E-state index in [1.165, 1.54) is 0 Å². The van der Waals surface area contributed by atoms with Gasteiger partial charge in [-0.05, 0) is 25.0 Å². The van der Waals surface area contributed by atoms with Gasteiger partial charge in [0.05, 0.1) is 5.41 Å². The van der Waals surface area contributed by atoms with Crippen molar-refractivity contribution in [3.63, 3.8) is 0 Å². The molecule has 0 aliphatic heterocycles. The first-order valence-corrected chi connectivity index (χ1v) is 5.52. The lowest BCUT2D eigenvalue weighted by Gasteiger charge is -2.27. The predicted octanol–water partition coefficient (Wildman–Crippen LogP) is 2.38. The third-order valence-electron chi connectivity index (χ3n) is 3.12. The molecule has 2 N–H and O–H groups in total. The lowest BCUT2D eigenvalue weighted by molar-refractivity contribution is -0.148. The van der Waals surface area contributed by atoms with Gasteiger partial charge in [-0.15, -0.1) is 0 Å². The molecule has 0 amide bonds. The number of nitrogens with one attached hydrogen (secondary N) is 1. The van der Waals surface area contributed by atoms with Crippen LogP contribution in [-0.4, -0.2) is 22.6 Å². The van der Waals surface area contributed by atoms with Gasteiger partial charge in [0.1, 0.15) is 0 Å². The highest BCUT2D eigenvalue weighted by Gasteiger charge is 2.34. The number of hydrogen-bond acceptors (Lipinski definition) is 3. The fourth-order valence-corrected chi connectivity index (χ4v) is 1.62. The predicted molar refractivity (Wildman–Crippen MR) is 63.4 cm³/mol. The maximum absolute atomic E-state index is 11.3. The number of carboxylic acids is 1. The van der Waals surface area contributed by atoms with Crippen molar-refractivity contribution < 1.29 is 9.90 Å². The first-order chi connectivity index (χ1) is 7.64. The summed E-state index contributed by atoms with van der Waals surface area (Å²) in [5, 5.41) is 12.4. The van der Waals surface area contributed by atoms with E-state index in [9.17, 15) is 9.90 Å². The van der Waals surface area contributed by atoms with Gasteiger partial charge in [0.15, 0.2) is 0 Å². The number of nitrogens with zero attached hydrogens (tertiary/aromatic N) is 1. The van der Waals surface area contributed by atoms with E-state index in [-0.39, 0.29) is 0 Å². The van der Waals surface area contributed by atoms with Crippen LogP contribution in [0.3, 0.4) is 0 Å². The third-order valence-corrected chi connectivity index (χ3v) is 3.12. The molecule has 1 aromatic rings. The molecule has 16 heavy (non-hydrogen) atoms. The first kappa shape index (κ1) is 12.5. The van der Waals surface area contributed by atoms with Crippen LogP contribution in [0.4, 0.5) is 5.69 Å². The fourth-order valence-electron chi connectivity index (χ4n) is 1.62. The largest absolute Gasteiger partial charge is 0.481 e. The molecule has 0 saturated carbocycles. The Labute approximate surface area is 95.7 Å². The van der Waals surface area contributed by atoms with Crippen molar-refractivity contribution in [1.82, 2.24) is 4.98 Å². The van der Waals surface area contributed by atoms with Crippen molar-refractivity contribution in [2.75, 3.05) is 11.9 Å². The number of aromatic nitrogens is 1. The van der Waals surface area contributed by atoms with E-state index in [1.807, 2.05) is 26.0 Å². The van der Waals surface area contributed by atoms with Crippen LogP contribution >= 0.6 is 0 Å². The summed E-state index contributed by atoms with van der Waals surface area (Å²) >= 11 is 0. The van der Waals surface area contributed by atoms with Crippen LogP contribution < -0.4 is 5.32 Å². The van der Waals surface area contributed by atoms with E-state index in [1.54, 1.807) is 12.4 Å². The van der Waals surface area contributed by atoms with Crippen molar-refractivity contribution in [2.45, 2.75) is 26.7 Å². The molecule has 88 valence electrons. The molecule has 1 heterocycles. The van der Waals surface area contributed by atoms with Crippen molar-refractivity contribution in [3.8, 4) is 0 Å². The molecule has 1 aromatic heterocycles. The molecule has 1 rings (SSSR count). The van der Waals surface area contributed by atoms with E-state index < -0.39 is 11.4 Å². The van der Waals surface area contributed by atoms with Crippen LogP contribution in [0.15, 0.2) is 24.5 Å². The lowest BCUT2D eigenvalue weighted by atomic mass is 9.82. The van der Waals surface area contributed by atoms with E-state index in [0.29, 0.717) is 19.4 Å². The molecule has 0 atom stereocenters. The van der Waals surface area contributed by atoms with Crippen LogP contribution in [0.1, 0.15) is 26.7 Å². The van der Waals surface area contributed by atoms with Gasteiger partial charge in [-0.25, -0.2) is 0 Å². The average Bonchev–Trinajstić information content (AvgIpc) is 2.32. The normalized spacial score (nSPS) is 11.1. The Morgan fingerprint density at radius 2 is 1.94 bits per heavy atom. The summed E-state index contributed by atoms with van der Waals surface area (Å²) in [4.78, 5) is 15.2. The number of rotatable bonds is 6. The minimum atomic E-state index is -0.737. The monoisotopic (exact) mass is 222 g/mol. The molecule has 4 nitrogen and oxygen atoms in total. The number of pyridine rings is 1. The van der Waals surface area contributed by atoms with Gasteiger partial charge >= 0.3 is 5.97 Å². The molecule has 0 saturated heterocycles. The van der Waals surface area contributed by atoms with Crippen LogP contribution in [0, 0.1) is 5.41 Å². The number of carbonyl (C=O) groups is 1. The Bertz CT molecular complexity index is 334. The van der Waals surface area contributed by atoms with E-state index in [0.717, 1.165) is 5.69 Å². The van der Waals surface area contributed by atoms with Gasteiger partial charge in [-0.2, -0.15) is 0 Å². The lowest BCUT2D eigenvalue weighted by Crippen LogP contribution is -2.36. The first-order valence-electron chi connectivity index (χ1n) is 5.52. The molecule has 4 heteroatoms. The average molecular weight is 222 g/mol. The van der Waals surface area contributed by atoms with Gasteiger partial charge in [0, 0.05) is 24.6 Å². The summed E-state index contributed by atoms with van der Waals surface area (Å²) < 4.78 is 0. The summed E-state index contributed by atoms with van der Waals surface area (Å²) in [6, 6.07) is 3.66. The van der Waals surface area contributed by atoms with Crippen molar-refractivity contribution in [3.05, 3.63) is 24.5 Å². The summed E-state index contributed by atoms with van der Waals surface area (Å²) in [7, 11) is 0. The highest BCUT2D eigenvalue weighted by molar-refractivity contribution is 5.75. The Morgan fingerprint density at radius 1 is 1.38 bits per heavy atom. The second-order valence-electron chi connectivity index (χ2n) is 3.88. The van der Waals surface area contributed by atoms with E-state index >= 15 is 0 Å². The molecule has 0 spiro atoms. The van der Waals surface area contributed by atoms with Crippen molar-refractivity contribution in [2.24, 2.45) is 5.41 Å². The molecule has 0 bridgehead atoms. The molecule has 0 fully saturated rings. The van der Waals surface area contributed by atoms with E-state index in [2.05, 4.69) is 10.3 Å². The van der Waals surface area contributed by atoms with Crippen LogP contribution in [0.5, 0.6) is 0 Å². The smallest absolute Gasteiger partial charge is 0.311 e. The Morgan fingerprint density at radius 3 is 2.38 bits per heavy atom. The van der Waals surface area contributed by atoms with Crippen LogP contribution in [0.2, 0.25) is 0 Å². The maximum atomic E-state index is 11.3. The summed E-state index contributed by atoms with van der Waals surface area (Å²) in [5.41, 5.74) is 0.228. The molecule has 0 aliphatic rings. The molecular formula is C12H18N2O2. The van der Waals surface area contributed by atoms with Crippen molar-refractivity contribution in [1.29, 1.82) is 0 Å². The minimum absolute atomic E-state index is 0.444. The topological polar surface area (TPSA) is 62.2 Å². The highest BCUT2D eigenvalue weighted by atomic mass is 16.4. The zero-order valence-electron chi connectivity index (χ0n) is 9.73.